The molecule has 0 bridgehead atoms. The van der Waals surface area contributed by atoms with Crippen LogP contribution < -0.4 is 10.6 Å². The molecule has 0 aliphatic rings. The lowest BCUT2D eigenvalue weighted by atomic mass is 10.1. The highest BCUT2D eigenvalue weighted by Gasteiger charge is 2.07. The number of para-hydroxylation sites is 1. The van der Waals surface area contributed by atoms with Gasteiger partial charge in [-0.05, 0) is 37.2 Å². The van der Waals surface area contributed by atoms with Gasteiger partial charge in [-0.15, -0.1) is 24.2 Å². The van der Waals surface area contributed by atoms with E-state index in [2.05, 4.69) is 36.6 Å². The van der Waals surface area contributed by atoms with Crippen molar-refractivity contribution in [2.24, 2.45) is 0 Å². The molecule has 2 aromatic carbocycles. The van der Waals surface area contributed by atoms with Gasteiger partial charge in [-0.25, -0.2) is 0 Å². The molecule has 0 aromatic heterocycles. The van der Waals surface area contributed by atoms with Gasteiger partial charge in [0.05, 0.1) is 5.75 Å². The molecule has 5 heteroatoms. The molecule has 124 valence electrons. The lowest BCUT2D eigenvalue weighted by Crippen LogP contribution is -2.18. The normalized spacial score (nSPS) is 10.0. The molecule has 0 unspecified atom stereocenters. The Kier molecular flexibility index (Phi) is 8.77. The third-order valence-electron chi connectivity index (χ3n) is 3.25. The Labute approximate surface area is 148 Å². The molecule has 23 heavy (non-hydrogen) atoms. The summed E-state index contributed by atoms with van der Waals surface area (Å²) in [6, 6.07) is 16.1. The number of halogens is 1. The molecule has 3 nitrogen and oxygen atoms in total. The molecule has 2 rings (SSSR count). The first-order valence-corrected chi connectivity index (χ1v) is 8.45. The van der Waals surface area contributed by atoms with E-state index >= 15 is 0 Å². The van der Waals surface area contributed by atoms with Crippen LogP contribution in [0.15, 0.2) is 53.4 Å². The number of carbonyl (C=O) groups excluding carboxylic acids is 1. The Balaban J connectivity index is 0.00000264. The molecular formula is C18H23ClN2OS. The van der Waals surface area contributed by atoms with Crippen LogP contribution in [0.1, 0.15) is 18.1 Å². The molecule has 0 fully saturated rings. The fourth-order valence-electron chi connectivity index (χ4n) is 2.03. The van der Waals surface area contributed by atoms with Crippen LogP contribution in [0.25, 0.3) is 0 Å². The van der Waals surface area contributed by atoms with Crippen LogP contribution >= 0.6 is 24.2 Å². The Morgan fingerprint density at radius 2 is 1.78 bits per heavy atom. The monoisotopic (exact) mass is 350 g/mol. The summed E-state index contributed by atoms with van der Waals surface area (Å²) in [5.74, 6) is 0.438. The molecule has 0 saturated carbocycles. The second kappa shape index (κ2) is 10.3. The molecule has 0 spiro atoms. The van der Waals surface area contributed by atoms with Gasteiger partial charge >= 0.3 is 0 Å². The number of amides is 1. The van der Waals surface area contributed by atoms with Gasteiger partial charge in [0.25, 0.3) is 0 Å². The van der Waals surface area contributed by atoms with Crippen molar-refractivity contribution in [2.45, 2.75) is 25.3 Å². The molecule has 1 amide bonds. The van der Waals surface area contributed by atoms with Crippen molar-refractivity contribution in [1.82, 2.24) is 5.32 Å². The van der Waals surface area contributed by atoms with Gasteiger partial charge in [0, 0.05) is 17.1 Å². The first kappa shape index (κ1) is 19.6. The predicted molar refractivity (Wildman–Crippen MR) is 102 cm³/mol. The maximum absolute atomic E-state index is 12.1. The summed E-state index contributed by atoms with van der Waals surface area (Å²) in [7, 11) is 0. The molecule has 2 aromatic rings. The number of carbonyl (C=O) groups is 1. The highest BCUT2D eigenvalue weighted by Crippen LogP contribution is 2.20. The van der Waals surface area contributed by atoms with Crippen LogP contribution in [0.3, 0.4) is 0 Å². The van der Waals surface area contributed by atoms with Crippen LogP contribution in [-0.4, -0.2) is 18.2 Å². The van der Waals surface area contributed by atoms with E-state index < -0.39 is 0 Å². The summed E-state index contributed by atoms with van der Waals surface area (Å²) in [5.41, 5.74) is 3.22. The van der Waals surface area contributed by atoms with Crippen molar-refractivity contribution >= 4 is 35.8 Å². The SMILES string of the molecule is CCNCc1ccccc1NC(=O)CSc1ccc(C)cc1.Cl. The zero-order valence-corrected chi connectivity index (χ0v) is 15.1. The average molecular weight is 351 g/mol. The van der Waals surface area contributed by atoms with Crippen LogP contribution in [-0.2, 0) is 11.3 Å². The minimum absolute atomic E-state index is 0. The quantitative estimate of drug-likeness (QED) is 0.733. The summed E-state index contributed by atoms with van der Waals surface area (Å²) in [6.45, 7) is 5.80. The molecular weight excluding hydrogens is 328 g/mol. The fourth-order valence-corrected chi connectivity index (χ4v) is 2.72. The van der Waals surface area contributed by atoms with Gasteiger partial charge in [-0.1, -0.05) is 42.8 Å². The largest absolute Gasteiger partial charge is 0.325 e. The van der Waals surface area contributed by atoms with E-state index in [4.69, 9.17) is 0 Å². The molecule has 0 aliphatic carbocycles. The topological polar surface area (TPSA) is 41.1 Å². The zero-order chi connectivity index (χ0) is 15.8. The summed E-state index contributed by atoms with van der Waals surface area (Å²) in [6.07, 6.45) is 0. The van der Waals surface area contributed by atoms with E-state index in [1.54, 1.807) is 11.8 Å². The highest BCUT2D eigenvalue weighted by atomic mass is 35.5. The van der Waals surface area contributed by atoms with Gasteiger partial charge in [0.15, 0.2) is 0 Å². The highest BCUT2D eigenvalue weighted by molar-refractivity contribution is 8.00. The van der Waals surface area contributed by atoms with Crippen molar-refractivity contribution in [2.75, 3.05) is 17.6 Å². The smallest absolute Gasteiger partial charge is 0.234 e. The van der Waals surface area contributed by atoms with Gasteiger partial charge in [0.2, 0.25) is 5.91 Å². The van der Waals surface area contributed by atoms with Crippen LogP contribution in [0, 0.1) is 6.92 Å². The number of hydrogen-bond acceptors (Lipinski definition) is 3. The summed E-state index contributed by atoms with van der Waals surface area (Å²) in [4.78, 5) is 13.2. The van der Waals surface area contributed by atoms with Crippen molar-refractivity contribution in [3.05, 3.63) is 59.7 Å². The van der Waals surface area contributed by atoms with E-state index in [9.17, 15) is 4.79 Å². The average Bonchev–Trinajstić information content (AvgIpc) is 2.53. The van der Waals surface area contributed by atoms with Crippen LogP contribution in [0.5, 0.6) is 0 Å². The number of aryl methyl sites for hydroxylation is 1. The maximum Gasteiger partial charge on any atom is 0.234 e. The Morgan fingerprint density at radius 1 is 1.09 bits per heavy atom. The summed E-state index contributed by atoms with van der Waals surface area (Å²) < 4.78 is 0. The standard InChI is InChI=1S/C18H22N2OS.ClH/c1-3-19-12-15-6-4-5-7-17(15)20-18(21)13-22-16-10-8-14(2)9-11-16;/h4-11,19H,3,12-13H2,1-2H3,(H,20,21);1H. The van der Waals surface area contributed by atoms with Gasteiger partial charge in [-0.3, -0.25) is 4.79 Å². The molecule has 0 saturated heterocycles. The predicted octanol–water partition coefficient (Wildman–Crippen LogP) is 4.26. The molecule has 2 N–H and O–H groups in total. The van der Waals surface area contributed by atoms with E-state index in [1.165, 1.54) is 5.56 Å². The number of rotatable bonds is 7. The number of benzene rings is 2. The Hall–Kier alpha value is -1.49. The van der Waals surface area contributed by atoms with E-state index in [0.717, 1.165) is 29.2 Å². The summed E-state index contributed by atoms with van der Waals surface area (Å²) >= 11 is 1.55. The van der Waals surface area contributed by atoms with Gasteiger partial charge in [0.1, 0.15) is 0 Å². The van der Waals surface area contributed by atoms with Crippen molar-refractivity contribution in [1.29, 1.82) is 0 Å². The zero-order valence-electron chi connectivity index (χ0n) is 13.5. The van der Waals surface area contributed by atoms with E-state index in [-0.39, 0.29) is 18.3 Å². The van der Waals surface area contributed by atoms with Crippen molar-refractivity contribution in [3.8, 4) is 0 Å². The second-order valence-corrected chi connectivity index (χ2v) is 6.14. The Bertz CT molecular complexity index is 617. The number of thioether (sulfide) groups is 1. The lowest BCUT2D eigenvalue weighted by molar-refractivity contribution is -0.113. The van der Waals surface area contributed by atoms with Crippen LogP contribution in [0.4, 0.5) is 5.69 Å². The number of hydrogen-bond donors (Lipinski definition) is 2. The molecule has 0 atom stereocenters. The van der Waals surface area contributed by atoms with Crippen molar-refractivity contribution < 1.29 is 4.79 Å². The van der Waals surface area contributed by atoms with Gasteiger partial charge in [-0.2, -0.15) is 0 Å². The maximum atomic E-state index is 12.1. The van der Waals surface area contributed by atoms with Gasteiger partial charge < -0.3 is 10.6 Å². The van der Waals surface area contributed by atoms with Crippen LogP contribution in [0.2, 0.25) is 0 Å². The molecule has 0 heterocycles. The number of nitrogens with one attached hydrogen (secondary N) is 2. The van der Waals surface area contributed by atoms with E-state index in [1.807, 2.05) is 36.4 Å². The lowest BCUT2D eigenvalue weighted by Gasteiger charge is -2.11. The molecule has 0 aliphatic heterocycles. The third-order valence-corrected chi connectivity index (χ3v) is 4.26. The minimum Gasteiger partial charge on any atom is -0.325 e. The molecule has 0 radical (unpaired) electrons. The summed E-state index contributed by atoms with van der Waals surface area (Å²) in [5, 5.41) is 6.29. The Morgan fingerprint density at radius 3 is 2.48 bits per heavy atom. The van der Waals surface area contributed by atoms with E-state index in [0.29, 0.717) is 5.75 Å². The van der Waals surface area contributed by atoms with Crippen molar-refractivity contribution in [3.63, 3.8) is 0 Å². The minimum atomic E-state index is 0. The second-order valence-electron chi connectivity index (χ2n) is 5.09. The number of anilines is 1. The first-order valence-electron chi connectivity index (χ1n) is 7.47. The third kappa shape index (κ3) is 6.65. The first-order chi connectivity index (χ1) is 10.7. The fraction of sp³-hybridized carbons (Fsp3) is 0.278.